The number of hydrogen-bond acceptors (Lipinski definition) is 6. The molecule has 2 aromatic heterocycles. The van der Waals surface area contributed by atoms with E-state index in [1.807, 2.05) is 45.8 Å². The van der Waals surface area contributed by atoms with Crippen LogP contribution in [-0.2, 0) is 45.4 Å². The Morgan fingerprint density at radius 1 is 0.534 bits per heavy atom. The molecule has 2 N–H and O–H groups in total. The number of benzene rings is 4. The highest BCUT2D eigenvalue weighted by Gasteiger charge is 2.19. The Morgan fingerprint density at radius 3 is 1.17 bits per heavy atom. The first-order valence-electron chi connectivity index (χ1n) is 17.0. The molecule has 6 rings (SSSR count). The molecule has 10 nitrogen and oxygen atoms in total. The van der Waals surface area contributed by atoms with Gasteiger partial charge in [0, 0.05) is 76.1 Å². The Labute approximate surface area is 374 Å². The third kappa shape index (κ3) is 15.9. The molecule has 0 aliphatic heterocycles. The topological polar surface area (TPSA) is 129 Å². The van der Waals surface area contributed by atoms with Crippen LogP contribution in [0.2, 0.25) is 40.2 Å². The molecule has 18 heteroatoms. The number of aromatic nitrogens is 4. The molecule has 2 heterocycles. The van der Waals surface area contributed by atoms with Crippen molar-refractivity contribution in [3.05, 3.63) is 173 Å². The molecule has 0 aliphatic carbocycles. The summed E-state index contributed by atoms with van der Waals surface area (Å²) in [7, 11) is 0. The van der Waals surface area contributed by atoms with Crippen molar-refractivity contribution in [2.75, 3.05) is 0 Å². The van der Waals surface area contributed by atoms with E-state index in [1.54, 1.807) is 73.6 Å². The molecular formula is C40H34Cl8N4O6. The Kier molecular flexibility index (Phi) is 19.4. The second kappa shape index (κ2) is 23.9. The summed E-state index contributed by atoms with van der Waals surface area (Å²) >= 11 is 49.1. The lowest BCUT2D eigenvalue weighted by Gasteiger charge is -2.21. The normalized spacial score (nSPS) is 11.8. The van der Waals surface area contributed by atoms with Gasteiger partial charge in [0.2, 0.25) is 0 Å². The highest BCUT2D eigenvalue weighted by atomic mass is 35.5. The van der Waals surface area contributed by atoms with Crippen molar-refractivity contribution in [2.45, 2.75) is 51.4 Å². The molecule has 0 saturated carbocycles. The lowest BCUT2D eigenvalue weighted by atomic mass is 10.1. The van der Waals surface area contributed by atoms with E-state index in [2.05, 4.69) is 9.97 Å². The zero-order valence-corrected chi connectivity index (χ0v) is 36.2. The minimum Gasteiger partial charge on any atom is -0.481 e. The summed E-state index contributed by atoms with van der Waals surface area (Å²) in [6, 6.07) is 21.4. The van der Waals surface area contributed by atoms with Crippen LogP contribution >= 0.6 is 92.8 Å². The monoisotopic (exact) mass is 946 g/mol. The molecule has 0 bridgehead atoms. The average Bonchev–Trinajstić information content (AvgIpc) is 3.88. The van der Waals surface area contributed by atoms with Crippen molar-refractivity contribution in [1.82, 2.24) is 19.1 Å². The quantitative estimate of drug-likeness (QED) is 0.104. The summed E-state index contributed by atoms with van der Waals surface area (Å²) in [4.78, 5) is 27.4. The van der Waals surface area contributed by atoms with Gasteiger partial charge >= 0.3 is 11.9 Å². The molecule has 0 aliphatic rings. The number of carboxylic acids is 2. The first-order valence-corrected chi connectivity index (χ1v) is 20.1. The lowest BCUT2D eigenvalue weighted by molar-refractivity contribution is -0.143. The van der Waals surface area contributed by atoms with Crippen molar-refractivity contribution in [2.24, 2.45) is 0 Å². The maximum atomic E-state index is 9.64. The Bertz CT molecular complexity index is 2090. The number of rotatable bonds is 15. The van der Waals surface area contributed by atoms with Crippen LogP contribution in [0, 0.1) is 0 Å². The summed E-state index contributed by atoms with van der Waals surface area (Å²) in [5, 5.41) is 20.4. The zero-order valence-electron chi connectivity index (χ0n) is 30.1. The second-order valence-corrected chi connectivity index (χ2v) is 15.6. The molecule has 6 aromatic rings. The number of halogens is 8. The number of nitrogens with zero attached hydrogens (tertiary/aromatic N) is 4. The van der Waals surface area contributed by atoms with E-state index >= 15 is 0 Å². The number of hydrogen-bond donors (Lipinski definition) is 2. The van der Waals surface area contributed by atoms with Crippen molar-refractivity contribution < 1.29 is 29.3 Å². The molecule has 2 atom stereocenters. The first-order chi connectivity index (χ1) is 27.7. The maximum absolute atomic E-state index is 9.64. The van der Waals surface area contributed by atoms with Crippen LogP contribution in [-0.4, -0.2) is 41.3 Å². The second-order valence-electron chi connectivity index (χ2n) is 12.2. The van der Waals surface area contributed by atoms with Gasteiger partial charge in [-0.25, -0.2) is 9.97 Å². The van der Waals surface area contributed by atoms with Gasteiger partial charge in [0.05, 0.1) is 51.8 Å². The van der Waals surface area contributed by atoms with Gasteiger partial charge in [-0.15, -0.1) is 0 Å². The summed E-state index contributed by atoms with van der Waals surface area (Å²) in [6.45, 7) is 1.78. The van der Waals surface area contributed by atoms with Crippen molar-refractivity contribution in [3.63, 3.8) is 0 Å². The molecule has 0 radical (unpaired) electrons. The fourth-order valence-electron chi connectivity index (χ4n) is 5.05. The molecule has 0 unspecified atom stereocenters. The molecule has 0 amide bonds. The van der Waals surface area contributed by atoms with Crippen LogP contribution in [0.3, 0.4) is 0 Å². The molecule has 58 heavy (non-hydrogen) atoms. The van der Waals surface area contributed by atoms with Crippen LogP contribution < -0.4 is 0 Å². The van der Waals surface area contributed by atoms with E-state index in [0.29, 0.717) is 66.5 Å². The summed E-state index contributed by atoms with van der Waals surface area (Å²) in [5.41, 5.74) is 3.41. The highest BCUT2D eigenvalue weighted by Crippen LogP contribution is 2.33. The third-order valence-electron chi connectivity index (χ3n) is 7.95. The predicted molar refractivity (Wildman–Crippen MR) is 230 cm³/mol. The number of aliphatic carboxylic acids is 2. The largest absolute Gasteiger partial charge is 0.481 e. The molecule has 0 spiro atoms. The molecule has 0 fully saturated rings. The van der Waals surface area contributed by atoms with Gasteiger partial charge in [0.25, 0.3) is 0 Å². The Morgan fingerprint density at radius 2 is 0.879 bits per heavy atom. The highest BCUT2D eigenvalue weighted by molar-refractivity contribution is 6.36. The standard InChI is InChI=1S/2C18H14Cl4N2O.C4H6O4/c2*19-13-2-1-12(16(21)7-13)10-25-18(9-24-6-5-23-11-24)15-4-3-14(20)8-17(15)22;5-3(6)1-2-4(7)8/h2*1-8,11,18H,9-10H2;1-2H2,(H,5,6)(H,7,8)/t2*18-;/m10./s1. The third-order valence-corrected chi connectivity index (χ3v) is 10.3. The van der Waals surface area contributed by atoms with Crippen LogP contribution in [0.5, 0.6) is 0 Å². The average molecular weight is 950 g/mol. The summed E-state index contributed by atoms with van der Waals surface area (Å²) < 4.78 is 16.1. The van der Waals surface area contributed by atoms with Gasteiger partial charge in [-0.05, 0) is 59.7 Å². The Balaban J connectivity index is 0.000000217. The number of ether oxygens (including phenoxy) is 2. The van der Waals surface area contributed by atoms with Gasteiger partial charge in [0.15, 0.2) is 0 Å². The van der Waals surface area contributed by atoms with Crippen molar-refractivity contribution in [1.29, 1.82) is 0 Å². The minimum absolute atomic E-state index is 0.286. The first kappa shape index (κ1) is 47.2. The van der Waals surface area contributed by atoms with E-state index in [-0.39, 0.29) is 25.0 Å². The van der Waals surface area contributed by atoms with Crippen LogP contribution in [0.15, 0.2) is 110 Å². The van der Waals surface area contributed by atoms with Crippen molar-refractivity contribution in [3.8, 4) is 0 Å². The van der Waals surface area contributed by atoms with Gasteiger partial charge in [-0.2, -0.15) is 0 Å². The predicted octanol–water partition coefficient (Wildman–Crippen LogP) is 12.8. The fourth-order valence-corrected chi connectivity index (χ4v) is 7.04. The van der Waals surface area contributed by atoms with E-state index in [4.69, 9.17) is 112 Å². The number of carbonyl (C=O) groups is 2. The van der Waals surface area contributed by atoms with Gasteiger partial charge < -0.3 is 28.8 Å². The van der Waals surface area contributed by atoms with Crippen LogP contribution in [0.25, 0.3) is 0 Å². The molecule has 0 saturated heterocycles. The van der Waals surface area contributed by atoms with Crippen LogP contribution in [0.4, 0.5) is 0 Å². The minimum atomic E-state index is -1.08. The zero-order chi connectivity index (χ0) is 42.2. The smallest absolute Gasteiger partial charge is 0.303 e. The SMILES string of the molecule is Clc1ccc(CO[C@@H](Cn2ccnc2)c2ccc(Cl)cc2Cl)c(Cl)c1.Clc1ccc(CO[C@H](Cn2ccnc2)c2ccc(Cl)cc2Cl)c(Cl)c1.O=C(O)CCC(=O)O. The maximum Gasteiger partial charge on any atom is 0.303 e. The summed E-state index contributed by atoms with van der Waals surface area (Å²) in [6.07, 6.45) is 9.48. The fraction of sp³-hybridized carbons (Fsp3) is 0.200. The lowest BCUT2D eigenvalue weighted by Crippen LogP contribution is -2.12. The molecule has 4 aromatic carbocycles. The number of carboxylic acid groups (broad SMARTS) is 2. The molecular weight excluding hydrogens is 916 g/mol. The van der Waals surface area contributed by atoms with Gasteiger partial charge in [-0.1, -0.05) is 117 Å². The van der Waals surface area contributed by atoms with E-state index in [0.717, 1.165) is 22.3 Å². The van der Waals surface area contributed by atoms with E-state index in [9.17, 15) is 9.59 Å². The molecule has 306 valence electrons. The number of imidazole rings is 2. The Hall–Kier alpha value is -3.52. The van der Waals surface area contributed by atoms with Gasteiger partial charge in [-0.3, -0.25) is 9.59 Å². The van der Waals surface area contributed by atoms with Crippen LogP contribution in [0.1, 0.15) is 47.3 Å². The van der Waals surface area contributed by atoms with Crippen molar-refractivity contribution >= 4 is 105 Å². The van der Waals surface area contributed by atoms with E-state index in [1.165, 1.54) is 0 Å². The summed E-state index contributed by atoms with van der Waals surface area (Å²) in [5.74, 6) is -2.15. The van der Waals surface area contributed by atoms with Gasteiger partial charge in [0.1, 0.15) is 12.2 Å². The van der Waals surface area contributed by atoms with E-state index < -0.39 is 11.9 Å².